The first-order chi connectivity index (χ1) is 7.14. The summed E-state index contributed by atoms with van der Waals surface area (Å²) < 4.78 is 0. The van der Waals surface area contributed by atoms with Crippen molar-refractivity contribution in [3.63, 3.8) is 0 Å². The molecule has 84 valence electrons. The average molecular weight is 208 g/mol. The van der Waals surface area contributed by atoms with Crippen molar-refractivity contribution in [3.05, 3.63) is 30.1 Å². The number of hydrogen-bond donors (Lipinski definition) is 2. The maximum absolute atomic E-state index is 8.87. The lowest BCUT2D eigenvalue weighted by atomic mass is 10.0. The maximum atomic E-state index is 8.87. The quantitative estimate of drug-likeness (QED) is 0.742. The fraction of sp³-hybridized carbons (Fsp3) is 0.583. The van der Waals surface area contributed by atoms with E-state index in [9.17, 15) is 0 Å². The summed E-state index contributed by atoms with van der Waals surface area (Å²) in [6.07, 6.45) is 5.41. The summed E-state index contributed by atoms with van der Waals surface area (Å²) in [5.41, 5.74) is 1.30. The molecule has 1 aromatic rings. The molecule has 1 rings (SSSR count). The van der Waals surface area contributed by atoms with Gasteiger partial charge >= 0.3 is 0 Å². The second-order valence-corrected chi connectivity index (χ2v) is 4.39. The number of pyridine rings is 1. The van der Waals surface area contributed by atoms with E-state index in [-0.39, 0.29) is 12.1 Å². The van der Waals surface area contributed by atoms with Crippen LogP contribution in [-0.4, -0.2) is 28.8 Å². The molecule has 15 heavy (non-hydrogen) atoms. The summed E-state index contributed by atoms with van der Waals surface area (Å²) in [6.45, 7) is 5.37. The fourth-order valence-electron chi connectivity index (χ4n) is 1.46. The van der Waals surface area contributed by atoms with Gasteiger partial charge in [-0.2, -0.15) is 0 Å². The summed E-state index contributed by atoms with van der Waals surface area (Å²) in [5, 5.41) is 12.3. The summed E-state index contributed by atoms with van der Waals surface area (Å²) in [4.78, 5) is 3.98. The van der Waals surface area contributed by atoms with Crippen LogP contribution in [0.15, 0.2) is 24.5 Å². The van der Waals surface area contributed by atoms with Gasteiger partial charge in [0.25, 0.3) is 0 Å². The highest BCUT2D eigenvalue weighted by Gasteiger charge is 2.14. The van der Waals surface area contributed by atoms with Gasteiger partial charge in [-0.05, 0) is 50.9 Å². The normalized spacial score (nSPS) is 11.7. The van der Waals surface area contributed by atoms with E-state index in [0.717, 1.165) is 19.4 Å². The maximum Gasteiger partial charge on any atom is 0.0448 e. The van der Waals surface area contributed by atoms with Crippen molar-refractivity contribution in [2.75, 3.05) is 13.2 Å². The fourth-order valence-corrected chi connectivity index (χ4v) is 1.46. The predicted octanol–water partition coefficient (Wildman–Crippen LogP) is 1.37. The highest BCUT2D eigenvalue weighted by molar-refractivity contribution is 5.09. The standard InChI is InChI=1S/C12H20N2O/c1-12(2,6-10-15)14-9-5-11-3-7-13-8-4-11/h3-4,7-8,14-15H,5-6,9-10H2,1-2H3. The van der Waals surface area contributed by atoms with Gasteiger partial charge in [0.15, 0.2) is 0 Å². The lowest BCUT2D eigenvalue weighted by molar-refractivity contribution is 0.231. The molecule has 0 atom stereocenters. The topological polar surface area (TPSA) is 45.1 Å². The van der Waals surface area contributed by atoms with E-state index < -0.39 is 0 Å². The third kappa shape index (κ3) is 4.91. The highest BCUT2D eigenvalue weighted by atomic mass is 16.3. The third-order valence-corrected chi connectivity index (χ3v) is 2.50. The van der Waals surface area contributed by atoms with Gasteiger partial charge in [-0.15, -0.1) is 0 Å². The van der Waals surface area contributed by atoms with Crippen molar-refractivity contribution in [2.45, 2.75) is 32.2 Å². The molecule has 3 nitrogen and oxygen atoms in total. The molecule has 0 unspecified atom stereocenters. The number of nitrogens with one attached hydrogen (secondary N) is 1. The smallest absolute Gasteiger partial charge is 0.0448 e. The molecule has 0 spiro atoms. The summed E-state index contributed by atoms with van der Waals surface area (Å²) >= 11 is 0. The third-order valence-electron chi connectivity index (χ3n) is 2.50. The molecular formula is C12H20N2O. The van der Waals surface area contributed by atoms with Crippen molar-refractivity contribution >= 4 is 0 Å². The molecule has 0 saturated carbocycles. The zero-order valence-electron chi connectivity index (χ0n) is 9.53. The molecule has 0 aliphatic rings. The first-order valence-corrected chi connectivity index (χ1v) is 5.39. The molecule has 3 heteroatoms. The van der Waals surface area contributed by atoms with Gasteiger partial charge in [-0.1, -0.05) is 0 Å². The van der Waals surface area contributed by atoms with Gasteiger partial charge in [0.1, 0.15) is 0 Å². The molecule has 2 N–H and O–H groups in total. The lowest BCUT2D eigenvalue weighted by Gasteiger charge is -2.25. The Morgan fingerprint density at radius 2 is 2.00 bits per heavy atom. The van der Waals surface area contributed by atoms with E-state index in [1.54, 1.807) is 0 Å². The van der Waals surface area contributed by atoms with Gasteiger partial charge in [0, 0.05) is 24.5 Å². The van der Waals surface area contributed by atoms with Crippen LogP contribution in [0.4, 0.5) is 0 Å². The van der Waals surface area contributed by atoms with Crippen LogP contribution in [-0.2, 0) is 6.42 Å². The minimum Gasteiger partial charge on any atom is -0.396 e. The Balaban J connectivity index is 2.27. The van der Waals surface area contributed by atoms with Crippen LogP contribution in [0.3, 0.4) is 0 Å². The van der Waals surface area contributed by atoms with E-state index in [1.165, 1.54) is 5.56 Å². The molecule has 0 saturated heterocycles. The van der Waals surface area contributed by atoms with E-state index in [4.69, 9.17) is 5.11 Å². The largest absolute Gasteiger partial charge is 0.396 e. The number of nitrogens with zero attached hydrogens (tertiary/aromatic N) is 1. The number of hydrogen-bond acceptors (Lipinski definition) is 3. The van der Waals surface area contributed by atoms with Crippen molar-refractivity contribution < 1.29 is 5.11 Å². The minimum absolute atomic E-state index is 0.0157. The molecule has 0 aliphatic carbocycles. The van der Waals surface area contributed by atoms with E-state index >= 15 is 0 Å². The Bertz CT molecular complexity index is 272. The first kappa shape index (κ1) is 12.1. The van der Waals surface area contributed by atoms with Crippen LogP contribution >= 0.6 is 0 Å². The molecular weight excluding hydrogens is 188 g/mol. The number of aliphatic hydroxyl groups is 1. The van der Waals surface area contributed by atoms with Gasteiger partial charge < -0.3 is 10.4 Å². The molecule has 0 aliphatic heterocycles. The molecule has 0 bridgehead atoms. The molecule has 1 aromatic heterocycles. The number of aromatic nitrogens is 1. The monoisotopic (exact) mass is 208 g/mol. The number of rotatable bonds is 6. The lowest BCUT2D eigenvalue weighted by Crippen LogP contribution is -2.41. The Hall–Kier alpha value is -0.930. The van der Waals surface area contributed by atoms with Gasteiger partial charge in [0.2, 0.25) is 0 Å². The van der Waals surface area contributed by atoms with Crippen molar-refractivity contribution in [3.8, 4) is 0 Å². The van der Waals surface area contributed by atoms with Crippen LogP contribution in [0, 0.1) is 0 Å². The van der Waals surface area contributed by atoms with Gasteiger partial charge in [-0.3, -0.25) is 4.98 Å². The molecule has 1 heterocycles. The molecule has 0 radical (unpaired) electrons. The van der Waals surface area contributed by atoms with E-state index in [2.05, 4.69) is 24.1 Å². The highest BCUT2D eigenvalue weighted by Crippen LogP contribution is 2.07. The Morgan fingerprint density at radius 1 is 1.33 bits per heavy atom. The van der Waals surface area contributed by atoms with Gasteiger partial charge in [0.05, 0.1) is 0 Å². The van der Waals surface area contributed by atoms with Crippen molar-refractivity contribution in [1.29, 1.82) is 0 Å². The van der Waals surface area contributed by atoms with Crippen LogP contribution in [0.1, 0.15) is 25.8 Å². The van der Waals surface area contributed by atoms with Crippen LogP contribution < -0.4 is 5.32 Å². The zero-order valence-corrected chi connectivity index (χ0v) is 9.53. The summed E-state index contributed by atoms with van der Waals surface area (Å²) in [5.74, 6) is 0. The van der Waals surface area contributed by atoms with E-state index in [0.29, 0.717) is 0 Å². The zero-order chi connectivity index (χ0) is 11.1. The van der Waals surface area contributed by atoms with Gasteiger partial charge in [-0.25, -0.2) is 0 Å². The summed E-state index contributed by atoms with van der Waals surface area (Å²) in [7, 11) is 0. The Labute approximate surface area is 91.5 Å². The Kier molecular flexibility index (Phi) is 4.72. The van der Waals surface area contributed by atoms with Crippen molar-refractivity contribution in [2.24, 2.45) is 0 Å². The molecule has 0 amide bonds. The predicted molar refractivity (Wildman–Crippen MR) is 61.7 cm³/mol. The van der Waals surface area contributed by atoms with Crippen LogP contribution in [0.2, 0.25) is 0 Å². The summed E-state index contributed by atoms with van der Waals surface area (Å²) in [6, 6.07) is 4.06. The second kappa shape index (κ2) is 5.83. The van der Waals surface area contributed by atoms with Crippen molar-refractivity contribution in [1.82, 2.24) is 10.3 Å². The minimum atomic E-state index is 0.0157. The molecule has 0 aromatic carbocycles. The Morgan fingerprint density at radius 3 is 2.60 bits per heavy atom. The number of aliphatic hydroxyl groups excluding tert-OH is 1. The van der Waals surface area contributed by atoms with Crippen LogP contribution in [0.25, 0.3) is 0 Å². The first-order valence-electron chi connectivity index (χ1n) is 5.39. The molecule has 0 fully saturated rings. The SMILES string of the molecule is CC(C)(CCO)NCCc1ccncc1. The van der Waals surface area contributed by atoms with Crippen LogP contribution in [0.5, 0.6) is 0 Å². The van der Waals surface area contributed by atoms with E-state index in [1.807, 2.05) is 24.5 Å². The second-order valence-electron chi connectivity index (χ2n) is 4.39. The average Bonchev–Trinajstić information content (AvgIpc) is 2.19.